The Bertz CT molecular complexity index is 808. The highest BCUT2D eigenvalue weighted by molar-refractivity contribution is 6.31. The second-order valence-electron chi connectivity index (χ2n) is 5.84. The number of halogens is 2. The normalized spacial score (nSPS) is 10.3. The molecule has 10 nitrogen and oxygen atoms in total. The first kappa shape index (κ1) is 27.1. The van der Waals surface area contributed by atoms with Crippen LogP contribution in [-0.4, -0.2) is 34.7 Å². The topological polar surface area (TPSA) is 131 Å². The first-order valence-corrected chi connectivity index (χ1v) is 8.56. The lowest BCUT2D eigenvalue weighted by atomic mass is 10.3. The van der Waals surface area contributed by atoms with Crippen molar-refractivity contribution in [3.63, 3.8) is 0 Å². The van der Waals surface area contributed by atoms with Gasteiger partial charge in [0.05, 0.1) is 0 Å². The summed E-state index contributed by atoms with van der Waals surface area (Å²) in [4.78, 5) is 22.8. The number of amides is 2. The quantitative estimate of drug-likeness (QED) is 0.0823. The number of aromatic nitrogens is 2. The fourth-order valence-electron chi connectivity index (χ4n) is 2.51. The van der Waals surface area contributed by atoms with Crippen molar-refractivity contribution >= 4 is 35.6 Å². The van der Waals surface area contributed by atoms with E-state index in [1.807, 2.05) is 33.7 Å². The second-order valence-corrected chi connectivity index (χ2v) is 5.84. The standard InChI is InChI=1S/C18H20N6O4.2BrH/c25-17(11-19-27)21-15-5-3-9-23(13-15)7-1-2-8-24-10-4-6-16(14-24)22-18(26)12-20-28;;/h3-6,9-14H,1-2,7-8H2,(H2-2,21,22,25,26,27,28);2*1H. The van der Waals surface area contributed by atoms with E-state index in [1.54, 1.807) is 24.5 Å². The van der Waals surface area contributed by atoms with Crippen LogP contribution in [0.2, 0.25) is 0 Å². The number of nitrogens with one attached hydrogen (secondary N) is 2. The van der Waals surface area contributed by atoms with Crippen LogP contribution in [0.4, 0.5) is 11.4 Å². The minimum absolute atomic E-state index is 0. The first-order chi connectivity index (χ1) is 13.6. The average molecular weight is 546 g/mol. The van der Waals surface area contributed by atoms with Gasteiger partial charge < -0.3 is 55.0 Å². The molecule has 0 atom stereocenters. The van der Waals surface area contributed by atoms with E-state index in [0.717, 1.165) is 38.4 Å². The van der Waals surface area contributed by atoms with Crippen LogP contribution in [0.1, 0.15) is 12.8 Å². The highest BCUT2D eigenvalue weighted by Crippen LogP contribution is 2.03. The zero-order chi connectivity index (χ0) is 20.2. The third-order valence-corrected chi connectivity index (χ3v) is 3.68. The lowest BCUT2D eigenvalue weighted by molar-refractivity contribution is -0.707. The SMILES string of the molecule is O=C(/C=N\O)Nc1ccc[n+](CCCC[n+]2cccc(NC(=O)/C=N\O)c2)c1.[Br-].[Br-]. The molecule has 0 aromatic carbocycles. The van der Waals surface area contributed by atoms with Crippen molar-refractivity contribution < 1.29 is 63.1 Å². The highest BCUT2D eigenvalue weighted by atomic mass is 79.9. The maximum absolute atomic E-state index is 11.4. The van der Waals surface area contributed by atoms with Crippen molar-refractivity contribution in [2.45, 2.75) is 25.9 Å². The van der Waals surface area contributed by atoms with E-state index in [2.05, 4.69) is 20.9 Å². The summed E-state index contributed by atoms with van der Waals surface area (Å²) < 4.78 is 3.92. The molecule has 2 rings (SSSR count). The zero-order valence-corrected chi connectivity index (χ0v) is 19.0. The van der Waals surface area contributed by atoms with Gasteiger partial charge in [0.2, 0.25) is 0 Å². The Morgan fingerprint density at radius 2 is 1.23 bits per heavy atom. The second kappa shape index (κ2) is 15.0. The molecule has 162 valence electrons. The molecule has 0 aliphatic heterocycles. The van der Waals surface area contributed by atoms with E-state index >= 15 is 0 Å². The lowest BCUT2D eigenvalue weighted by Crippen LogP contribution is -3.00. The van der Waals surface area contributed by atoms with Gasteiger partial charge >= 0.3 is 0 Å². The molecule has 2 aromatic heterocycles. The van der Waals surface area contributed by atoms with Gasteiger partial charge in [-0.15, -0.1) is 0 Å². The molecule has 0 unspecified atom stereocenters. The van der Waals surface area contributed by atoms with Crippen molar-refractivity contribution in [1.82, 2.24) is 0 Å². The largest absolute Gasteiger partial charge is 1.00 e. The van der Waals surface area contributed by atoms with Crippen molar-refractivity contribution in [2.75, 3.05) is 10.6 Å². The van der Waals surface area contributed by atoms with E-state index in [-0.39, 0.29) is 34.0 Å². The van der Waals surface area contributed by atoms with Crippen molar-refractivity contribution in [3.05, 3.63) is 49.1 Å². The molecule has 2 aromatic rings. The number of rotatable bonds is 9. The molecule has 4 N–H and O–H groups in total. The molecular weight excluding hydrogens is 524 g/mol. The molecule has 0 spiro atoms. The number of hydrogen-bond acceptors (Lipinski definition) is 6. The van der Waals surface area contributed by atoms with E-state index in [9.17, 15) is 9.59 Å². The average Bonchev–Trinajstić information content (AvgIpc) is 2.66. The van der Waals surface area contributed by atoms with Gasteiger partial charge in [-0.3, -0.25) is 9.59 Å². The van der Waals surface area contributed by atoms with Crippen molar-refractivity contribution in [3.8, 4) is 0 Å². The number of nitrogens with zero attached hydrogens (tertiary/aromatic N) is 4. The van der Waals surface area contributed by atoms with Gasteiger partial charge in [0, 0.05) is 25.0 Å². The van der Waals surface area contributed by atoms with Crippen LogP contribution in [0.25, 0.3) is 0 Å². The smallest absolute Gasteiger partial charge is 0.270 e. The van der Waals surface area contributed by atoms with Gasteiger partial charge in [0.15, 0.2) is 24.8 Å². The maximum atomic E-state index is 11.4. The maximum Gasteiger partial charge on any atom is 0.270 e. The summed E-state index contributed by atoms with van der Waals surface area (Å²) in [5.41, 5.74) is 1.22. The van der Waals surface area contributed by atoms with Crippen LogP contribution in [0.3, 0.4) is 0 Å². The van der Waals surface area contributed by atoms with Crippen molar-refractivity contribution in [1.29, 1.82) is 0 Å². The van der Waals surface area contributed by atoms with Crippen molar-refractivity contribution in [2.24, 2.45) is 10.3 Å². The Kier molecular flexibility index (Phi) is 13.6. The van der Waals surface area contributed by atoms with E-state index in [0.29, 0.717) is 11.4 Å². The molecular formula is C18H22Br2N6O4. The molecule has 0 bridgehead atoms. The lowest BCUT2D eigenvalue weighted by Gasteiger charge is -2.02. The minimum atomic E-state index is -0.506. The number of aryl methyl sites for hydroxylation is 2. The molecule has 0 fully saturated rings. The third-order valence-electron chi connectivity index (χ3n) is 3.68. The summed E-state index contributed by atoms with van der Waals surface area (Å²) in [6.07, 6.45) is 10.8. The van der Waals surface area contributed by atoms with Crippen LogP contribution in [0.15, 0.2) is 59.4 Å². The number of pyridine rings is 2. The summed E-state index contributed by atoms with van der Waals surface area (Å²) in [5, 5.41) is 27.3. The number of carbonyl (C=O) groups is 2. The molecule has 0 aliphatic rings. The highest BCUT2D eigenvalue weighted by Gasteiger charge is 2.08. The third kappa shape index (κ3) is 10.1. The van der Waals surface area contributed by atoms with Gasteiger partial charge in [-0.05, 0) is 12.1 Å². The van der Waals surface area contributed by atoms with Gasteiger partial charge in [0.1, 0.15) is 36.9 Å². The molecule has 0 saturated heterocycles. The Morgan fingerprint density at radius 3 is 1.60 bits per heavy atom. The van der Waals surface area contributed by atoms with E-state index in [4.69, 9.17) is 10.4 Å². The van der Waals surface area contributed by atoms with Crippen LogP contribution < -0.4 is 53.7 Å². The van der Waals surface area contributed by atoms with Crippen LogP contribution in [-0.2, 0) is 22.7 Å². The molecule has 0 radical (unpaired) electrons. The van der Waals surface area contributed by atoms with Crippen LogP contribution in [0.5, 0.6) is 0 Å². The zero-order valence-electron chi connectivity index (χ0n) is 15.9. The number of unbranched alkanes of at least 4 members (excludes halogenated alkanes) is 1. The van der Waals surface area contributed by atoms with E-state index < -0.39 is 11.8 Å². The fraction of sp³-hybridized carbons (Fsp3) is 0.222. The molecule has 2 amide bonds. The Morgan fingerprint density at radius 1 is 0.833 bits per heavy atom. The monoisotopic (exact) mass is 544 g/mol. The predicted molar refractivity (Wildman–Crippen MR) is 100 cm³/mol. The number of hydrogen-bond donors (Lipinski definition) is 4. The van der Waals surface area contributed by atoms with Crippen LogP contribution >= 0.6 is 0 Å². The van der Waals surface area contributed by atoms with Gasteiger partial charge in [0.25, 0.3) is 11.8 Å². The Hall–Kier alpha value is -2.86. The first-order valence-electron chi connectivity index (χ1n) is 8.56. The predicted octanol–water partition coefficient (Wildman–Crippen LogP) is -5.45. The molecule has 30 heavy (non-hydrogen) atoms. The number of oxime groups is 2. The molecule has 0 aliphatic carbocycles. The van der Waals surface area contributed by atoms with Crippen LogP contribution in [0, 0.1) is 0 Å². The summed E-state index contributed by atoms with van der Waals surface area (Å²) >= 11 is 0. The Labute approximate surface area is 194 Å². The molecule has 0 saturated carbocycles. The number of carbonyl (C=O) groups excluding carboxylic acids is 2. The Balaban J connectivity index is 0.00000420. The summed E-state index contributed by atoms with van der Waals surface area (Å²) in [6, 6.07) is 7.14. The molecule has 12 heteroatoms. The van der Waals surface area contributed by atoms with E-state index in [1.165, 1.54) is 0 Å². The summed E-state index contributed by atoms with van der Waals surface area (Å²) in [7, 11) is 0. The number of anilines is 2. The van der Waals surface area contributed by atoms with Gasteiger partial charge in [-0.1, -0.05) is 10.3 Å². The summed E-state index contributed by atoms with van der Waals surface area (Å²) in [5.74, 6) is -1.01. The fourth-order valence-corrected chi connectivity index (χ4v) is 2.51. The molecule has 2 heterocycles. The van der Waals surface area contributed by atoms with Gasteiger partial charge in [-0.2, -0.15) is 0 Å². The minimum Gasteiger partial charge on any atom is -1.00 e. The summed E-state index contributed by atoms with van der Waals surface area (Å²) in [6.45, 7) is 1.53. The van der Waals surface area contributed by atoms with Gasteiger partial charge in [-0.25, -0.2) is 9.13 Å².